The van der Waals surface area contributed by atoms with Gasteiger partial charge in [0.1, 0.15) is 5.76 Å². The van der Waals surface area contributed by atoms with Crippen LogP contribution in [0, 0.1) is 11.8 Å². The summed E-state index contributed by atoms with van der Waals surface area (Å²) in [7, 11) is 0. The second-order valence-electron chi connectivity index (χ2n) is 6.24. The molecule has 2 rings (SSSR count). The first kappa shape index (κ1) is 14.4. The first-order valence-electron chi connectivity index (χ1n) is 7.61. The van der Waals surface area contributed by atoms with Crippen LogP contribution in [0.4, 0.5) is 0 Å². The SMILES string of the molecule is CC(=O)OC1=C(CC(C)[C@H]2CC=C(C)CC2)CCC1. The first-order chi connectivity index (χ1) is 9.06. The highest BCUT2D eigenvalue weighted by Crippen LogP contribution is 2.37. The van der Waals surface area contributed by atoms with Crippen molar-refractivity contribution >= 4 is 5.97 Å². The monoisotopic (exact) mass is 262 g/mol. The van der Waals surface area contributed by atoms with Gasteiger partial charge in [-0.05, 0) is 62.9 Å². The summed E-state index contributed by atoms with van der Waals surface area (Å²) in [4.78, 5) is 11.1. The summed E-state index contributed by atoms with van der Waals surface area (Å²) in [6.45, 7) is 6.09. The smallest absolute Gasteiger partial charge is 0.307 e. The van der Waals surface area contributed by atoms with E-state index in [1.54, 1.807) is 5.57 Å². The molecule has 0 spiro atoms. The highest BCUT2D eigenvalue weighted by molar-refractivity contribution is 5.67. The molecule has 0 aromatic rings. The van der Waals surface area contributed by atoms with Crippen LogP contribution in [0.2, 0.25) is 0 Å². The Kier molecular flexibility index (Phi) is 4.84. The van der Waals surface area contributed by atoms with Gasteiger partial charge in [-0.15, -0.1) is 0 Å². The van der Waals surface area contributed by atoms with E-state index in [0.29, 0.717) is 5.92 Å². The van der Waals surface area contributed by atoms with E-state index in [2.05, 4.69) is 19.9 Å². The second-order valence-corrected chi connectivity index (χ2v) is 6.24. The molecule has 0 amide bonds. The lowest BCUT2D eigenvalue weighted by molar-refractivity contribution is -0.137. The van der Waals surface area contributed by atoms with Crippen LogP contribution in [-0.2, 0) is 9.53 Å². The third-order valence-corrected chi connectivity index (χ3v) is 4.60. The van der Waals surface area contributed by atoms with E-state index in [-0.39, 0.29) is 5.97 Å². The molecule has 0 saturated carbocycles. The van der Waals surface area contributed by atoms with E-state index in [9.17, 15) is 4.79 Å². The Morgan fingerprint density at radius 3 is 2.84 bits per heavy atom. The van der Waals surface area contributed by atoms with Gasteiger partial charge in [0.05, 0.1) is 0 Å². The number of carbonyl (C=O) groups excluding carboxylic acids is 1. The normalized spacial score (nSPS) is 25.2. The molecule has 0 aromatic carbocycles. The van der Waals surface area contributed by atoms with Crippen molar-refractivity contribution in [2.75, 3.05) is 0 Å². The Morgan fingerprint density at radius 1 is 1.42 bits per heavy atom. The summed E-state index contributed by atoms with van der Waals surface area (Å²) in [6, 6.07) is 0. The molecule has 0 aliphatic heterocycles. The minimum atomic E-state index is -0.168. The van der Waals surface area contributed by atoms with Crippen LogP contribution in [0.15, 0.2) is 23.0 Å². The standard InChI is InChI=1S/C17H26O2/c1-12-7-9-15(10-8-12)13(2)11-16-5-4-6-17(16)19-14(3)18/h7,13,15H,4-6,8-11H2,1-3H3/t13?,15-/m0/s1. The summed E-state index contributed by atoms with van der Waals surface area (Å²) in [5.74, 6) is 2.30. The van der Waals surface area contributed by atoms with Crippen molar-refractivity contribution in [3.8, 4) is 0 Å². The van der Waals surface area contributed by atoms with Gasteiger partial charge in [-0.1, -0.05) is 18.6 Å². The van der Waals surface area contributed by atoms with Crippen LogP contribution in [0.5, 0.6) is 0 Å². The van der Waals surface area contributed by atoms with E-state index >= 15 is 0 Å². The summed E-state index contributed by atoms with van der Waals surface area (Å²) < 4.78 is 5.36. The van der Waals surface area contributed by atoms with Crippen molar-refractivity contribution in [1.82, 2.24) is 0 Å². The fourth-order valence-electron chi connectivity index (χ4n) is 3.35. The zero-order chi connectivity index (χ0) is 13.8. The van der Waals surface area contributed by atoms with Gasteiger partial charge in [0.25, 0.3) is 0 Å². The topological polar surface area (TPSA) is 26.3 Å². The first-order valence-corrected chi connectivity index (χ1v) is 7.61. The van der Waals surface area contributed by atoms with Gasteiger partial charge in [-0.2, -0.15) is 0 Å². The van der Waals surface area contributed by atoms with Crippen LogP contribution in [-0.4, -0.2) is 5.97 Å². The lowest BCUT2D eigenvalue weighted by atomic mass is 9.79. The lowest BCUT2D eigenvalue weighted by Crippen LogP contribution is -2.15. The highest BCUT2D eigenvalue weighted by atomic mass is 16.5. The fourth-order valence-corrected chi connectivity index (χ4v) is 3.35. The van der Waals surface area contributed by atoms with Crippen molar-refractivity contribution in [2.45, 2.75) is 65.7 Å². The predicted molar refractivity (Wildman–Crippen MR) is 77.5 cm³/mol. The summed E-state index contributed by atoms with van der Waals surface area (Å²) in [6.07, 6.45) is 10.5. The van der Waals surface area contributed by atoms with Gasteiger partial charge >= 0.3 is 5.97 Å². The van der Waals surface area contributed by atoms with Crippen molar-refractivity contribution < 1.29 is 9.53 Å². The Morgan fingerprint density at radius 2 is 2.21 bits per heavy atom. The molecule has 2 aliphatic rings. The molecule has 2 aliphatic carbocycles. The number of esters is 1. The predicted octanol–water partition coefficient (Wildman–Crippen LogP) is 4.76. The Labute approximate surface area is 116 Å². The van der Waals surface area contributed by atoms with Crippen LogP contribution in [0.1, 0.15) is 65.7 Å². The minimum Gasteiger partial charge on any atom is -0.431 e. The minimum absolute atomic E-state index is 0.168. The molecular weight excluding hydrogens is 236 g/mol. The van der Waals surface area contributed by atoms with Crippen LogP contribution in [0.3, 0.4) is 0 Å². The van der Waals surface area contributed by atoms with Gasteiger partial charge in [-0.25, -0.2) is 0 Å². The van der Waals surface area contributed by atoms with E-state index in [1.165, 1.54) is 31.8 Å². The average Bonchev–Trinajstić information content (AvgIpc) is 2.76. The molecule has 2 nitrogen and oxygen atoms in total. The number of rotatable bonds is 4. The van der Waals surface area contributed by atoms with Gasteiger partial charge in [0.15, 0.2) is 0 Å². The van der Waals surface area contributed by atoms with Crippen LogP contribution >= 0.6 is 0 Å². The van der Waals surface area contributed by atoms with Gasteiger partial charge < -0.3 is 4.74 Å². The molecule has 0 fully saturated rings. The highest BCUT2D eigenvalue weighted by Gasteiger charge is 2.24. The zero-order valence-corrected chi connectivity index (χ0v) is 12.5. The summed E-state index contributed by atoms with van der Waals surface area (Å²) in [5.41, 5.74) is 2.94. The molecule has 2 atom stereocenters. The van der Waals surface area contributed by atoms with Gasteiger partial charge in [0, 0.05) is 13.3 Å². The molecule has 1 unspecified atom stereocenters. The third-order valence-electron chi connectivity index (χ3n) is 4.60. The molecule has 0 saturated heterocycles. The maximum absolute atomic E-state index is 11.1. The third kappa shape index (κ3) is 3.95. The maximum atomic E-state index is 11.1. The zero-order valence-electron chi connectivity index (χ0n) is 12.5. The van der Waals surface area contributed by atoms with Crippen molar-refractivity contribution in [1.29, 1.82) is 0 Å². The van der Waals surface area contributed by atoms with Crippen LogP contribution < -0.4 is 0 Å². The van der Waals surface area contributed by atoms with E-state index in [0.717, 1.165) is 37.4 Å². The van der Waals surface area contributed by atoms with E-state index in [1.807, 2.05) is 0 Å². The lowest BCUT2D eigenvalue weighted by Gasteiger charge is -2.27. The Balaban J connectivity index is 1.94. The number of ether oxygens (including phenoxy) is 1. The quantitative estimate of drug-likeness (QED) is 0.539. The maximum Gasteiger partial charge on any atom is 0.307 e. The molecule has 2 heteroatoms. The molecular formula is C17H26O2. The second kappa shape index (κ2) is 6.40. The molecule has 19 heavy (non-hydrogen) atoms. The molecule has 0 radical (unpaired) electrons. The average molecular weight is 262 g/mol. The van der Waals surface area contributed by atoms with Crippen LogP contribution in [0.25, 0.3) is 0 Å². The molecule has 106 valence electrons. The van der Waals surface area contributed by atoms with Gasteiger partial charge in [-0.3, -0.25) is 4.79 Å². The molecule has 0 heterocycles. The summed E-state index contributed by atoms with van der Waals surface area (Å²) in [5, 5.41) is 0. The van der Waals surface area contributed by atoms with E-state index in [4.69, 9.17) is 4.74 Å². The number of carbonyl (C=O) groups is 1. The van der Waals surface area contributed by atoms with E-state index < -0.39 is 0 Å². The Bertz CT molecular complexity index is 403. The van der Waals surface area contributed by atoms with Gasteiger partial charge in [0.2, 0.25) is 0 Å². The van der Waals surface area contributed by atoms with Crippen molar-refractivity contribution in [3.63, 3.8) is 0 Å². The van der Waals surface area contributed by atoms with Crippen molar-refractivity contribution in [2.24, 2.45) is 11.8 Å². The Hall–Kier alpha value is -1.05. The summed E-state index contributed by atoms with van der Waals surface area (Å²) >= 11 is 0. The number of hydrogen-bond donors (Lipinski definition) is 0. The van der Waals surface area contributed by atoms with Crippen molar-refractivity contribution in [3.05, 3.63) is 23.0 Å². The molecule has 0 bridgehead atoms. The molecule has 0 aromatic heterocycles. The largest absolute Gasteiger partial charge is 0.431 e. The number of allylic oxidation sites excluding steroid dienone is 4. The number of hydrogen-bond acceptors (Lipinski definition) is 2. The fraction of sp³-hybridized carbons (Fsp3) is 0.706. The molecule has 0 N–H and O–H groups in total.